The molecule has 0 amide bonds. The highest BCUT2D eigenvalue weighted by Crippen LogP contribution is 2.47. The molecule has 2 aromatic rings. The number of imidazole rings is 1. The number of hydrogen-bond donors (Lipinski definition) is 1. The van der Waals surface area contributed by atoms with Crippen molar-refractivity contribution in [1.29, 1.82) is 0 Å². The third-order valence-corrected chi connectivity index (χ3v) is 4.31. The highest BCUT2D eigenvalue weighted by atomic mass is 16.4. The predicted octanol–water partition coefficient (Wildman–Crippen LogP) is 3.83. The Morgan fingerprint density at radius 1 is 1.38 bits per heavy atom. The van der Waals surface area contributed by atoms with E-state index < -0.39 is 5.97 Å². The van der Waals surface area contributed by atoms with E-state index in [-0.39, 0.29) is 5.41 Å². The fourth-order valence-electron chi connectivity index (χ4n) is 2.74. The van der Waals surface area contributed by atoms with E-state index in [1.54, 1.807) is 12.1 Å². The number of aromatic nitrogens is 2. The van der Waals surface area contributed by atoms with E-state index in [0.717, 1.165) is 23.4 Å². The Labute approximate surface area is 124 Å². The van der Waals surface area contributed by atoms with E-state index in [0.29, 0.717) is 11.0 Å². The van der Waals surface area contributed by atoms with Crippen LogP contribution in [-0.2, 0) is 12.0 Å². The summed E-state index contributed by atoms with van der Waals surface area (Å²) < 4.78 is 2.23. The second-order valence-corrected chi connectivity index (χ2v) is 7.59. The summed E-state index contributed by atoms with van der Waals surface area (Å²) in [5.41, 5.74) is 2.42. The lowest BCUT2D eigenvalue weighted by Crippen LogP contribution is -2.21. The first-order valence-electron chi connectivity index (χ1n) is 7.44. The van der Waals surface area contributed by atoms with Crippen LogP contribution in [0.5, 0.6) is 0 Å². The van der Waals surface area contributed by atoms with Gasteiger partial charge in [-0.1, -0.05) is 27.7 Å². The lowest BCUT2D eigenvalue weighted by atomic mass is 9.95. The zero-order chi connectivity index (χ0) is 15.4. The van der Waals surface area contributed by atoms with Crippen LogP contribution in [0.25, 0.3) is 11.0 Å². The Morgan fingerprint density at radius 3 is 2.57 bits per heavy atom. The minimum atomic E-state index is -0.889. The van der Waals surface area contributed by atoms with E-state index in [4.69, 9.17) is 4.98 Å². The number of carbonyl (C=O) groups is 1. The van der Waals surface area contributed by atoms with Gasteiger partial charge in [0, 0.05) is 12.0 Å². The molecule has 1 fully saturated rings. The molecule has 1 aromatic carbocycles. The molecule has 0 bridgehead atoms. The van der Waals surface area contributed by atoms with Crippen LogP contribution in [0.4, 0.5) is 0 Å². The SMILES string of the molecule is CC1(Cn2c(C(C)(C)C)nc3ccc(C(=O)O)cc32)CC1. The monoisotopic (exact) mass is 286 g/mol. The van der Waals surface area contributed by atoms with Gasteiger partial charge in [-0.2, -0.15) is 0 Å². The zero-order valence-electron chi connectivity index (χ0n) is 13.1. The largest absolute Gasteiger partial charge is 0.478 e. The van der Waals surface area contributed by atoms with Crippen LogP contribution in [0.15, 0.2) is 18.2 Å². The highest BCUT2D eigenvalue weighted by Gasteiger charge is 2.39. The van der Waals surface area contributed by atoms with Crippen molar-refractivity contribution in [2.75, 3.05) is 0 Å². The van der Waals surface area contributed by atoms with Crippen molar-refractivity contribution >= 4 is 17.0 Å². The number of hydrogen-bond acceptors (Lipinski definition) is 2. The standard InChI is InChI=1S/C17H22N2O2/c1-16(2,3)15-18-12-6-5-11(14(20)21)9-13(12)19(15)10-17(4)7-8-17/h5-6,9H,7-8,10H2,1-4H3,(H,20,21). The molecule has 21 heavy (non-hydrogen) atoms. The van der Waals surface area contributed by atoms with Gasteiger partial charge < -0.3 is 9.67 Å². The lowest BCUT2D eigenvalue weighted by molar-refractivity contribution is 0.0697. The van der Waals surface area contributed by atoms with Gasteiger partial charge in [0.2, 0.25) is 0 Å². The maximum absolute atomic E-state index is 11.2. The van der Waals surface area contributed by atoms with Gasteiger partial charge in [0.05, 0.1) is 16.6 Å². The number of aromatic carboxylic acids is 1. The Hall–Kier alpha value is -1.84. The van der Waals surface area contributed by atoms with E-state index in [1.807, 2.05) is 6.07 Å². The number of fused-ring (bicyclic) bond motifs is 1. The van der Waals surface area contributed by atoms with Gasteiger partial charge >= 0.3 is 5.97 Å². The Balaban J connectivity index is 2.21. The molecule has 0 saturated heterocycles. The van der Waals surface area contributed by atoms with E-state index in [9.17, 15) is 9.90 Å². The molecule has 3 rings (SSSR count). The van der Waals surface area contributed by atoms with Gasteiger partial charge in [0.15, 0.2) is 0 Å². The first-order chi connectivity index (χ1) is 9.70. The van der Waals surface area contributed by atoms with Gasteiger partial charge in [-0.25, -0.2) is 9.78 Å². The van der Waals surface area contributed by atoms with Gasteiger partial charge in [0.25, 0.3) is 0 Å². The molecule has 1 aliphatic carbocycles. The number of carboxylic acid groups (broad SMARTS) is 1. The first kappa shape index (κ1) is 14.1. The minimum absolute atomic E-state index is 0.0618. The molecule has 1 N–H and O–H groups in total. The second-order valence-electron chi connectivity index (χ2n) is 7.59. The molecule has 1 heterocycles. The summed E-state index contributed by atoms with van der Waals surface area (Å²) in [6.45, 7) is 9.65. The van der Waals surface area contributed by atoms with Gasteiger partial charge in [-0.15, -0.1) is 0 Å². The molecule has 1 saturated carbocycles. The smallest absolute Gasteiger partial charge is 0.335 e. The normalized spacial score (nSPS) is 17.1. The van der Waals surface area contributed by atoms with Crippen LogP contribution < -0.4 is 0 Å². The van der Waals surface area contributed by atoms with Crippen molar-refractivity contribution in [3.63, 3.8) is 0 Å². The molecule has 0 unspecified atom stereocenters. The quantitative estimate of drug-likeness (QED) is 0.933. The summed E-state index contributed by atoms with van der Waals surface area (Å²) in [6, 6.07) is 5.21. The lowest BCUT2D eigenvalue weighted by Gasteiger charge is -2.22. The van der Waals surface area contributed by atoms with Crippen molar-refractivity contribution in [1.82, 2.24) is 9.55 Å². The van der Waals surface area contributed by atoms with Gasteiger partial charge in [0.1, 0.15) is 5.82 Å². The average Bonchev–Trinajstić information content (AvgIpc) is 2.98. The van der Waals surface area contributed by atoms with Gasteiger partial charge in [-0.05, 0) is 36.5 Å². The van der Waals surface area contributed by atoms with Gasteiger partial charge in [-0.3, -0.25) is 0 Å². The van der Waals surface area contributed by atoms with Crippen molar-refractivity contribution in [3.05, 3.63) is 29.6 Å². The summed E-state index contributed by atoms with van der Waals surface area (Å²) >= 11 is 0. The van der Waals surface area contributed by atoms with Crippen LogP contribution in [0, 0.1) is 5.41 Å². The van der Waals surface area contributed by atoms with Crippen LogP contribution in [0.2, 0.25) is 0 Å². The Bertz CT molecular complexity index is 718. The van der Waals surface area contributed by atoms with E-state index >= 15 is 0 Å². The van der Waals surface area contributed by atoms with Crippen molar-refractivity contribution in [2.45, 2.75) is 52.5 Å². The molecule has 4 nitrogen and oxygen atoms in total. The van der Waals surface area contributed by atoms with Crippen molar-refractivity contribution in [3.8, 4) is 0 Å². The second kappa shape index (κ2) is 4.33. The molecular weight excluding hydrogens is 264 g/mol. The number of carboxylic acids is 1. The predicted molar refractivity (Wildman–Crippen MR) is 82.7 cm³/mol. The van der Waals surface area contributed by atoms with Crippen molar-refractivity contribution < 1.29 is 9.90 Å². The van der Waals surface area contributed by atoms with Crippen LogP contribution in [0.1, 0.15) is 56.7 Å². The molecular formula is C17H22N2O2. The Morgan fingerprint density at radius 2 is 2.05 bits per heavy atom. The first-order valence-corrected chi connectivity index (χ1v) is 7.44. The fourth-order valence-corrected chi connectivity index (χ4v) is 2.74. The molecule has 0 spiro atoms. The van der Waals surface area contributed by atoms with Crippen molar-refractivity contribution in [2.24, 2.45) is 5.41 Å². The zero-order valence-corrected chi connectivity index (χ0v) is 13.1. The van der Waals surface area contributed by atoms with E-state index in [2.05, 4.69) is 32.3 Å². The number of rotatable bonds is 3. The number of nitrogens with zero attached hydrogens (tertiary/aromatic N) is 2. The molecule has 1 aromatic heterocycles. The molecule has 0 atom stereocenters. The van der Waals surface area contributed by atoms with Crippen LogP contribution in [0.3, 0.4) is 0 Å². The maximum Gasteiger partial charge on any atom is 0.335 e. The molecule has 112 valence electrons. The van der Waals surface area contributed by atoms with E-state index in [1.165, 1.54) is 12.8 Å². The summed E-state index contributed by atoms with van der Waals surface area (Å²) in [4.78, 5) is 16.0. The molecule has 4 heteroatoms. The summed E-state index contributed by atoms with van der Waals surface area (Å²) in [5.74, 6) is 0.146. The van der Waals surface area contributed by atoms with Crippen LogP contribution >= 0.6 is 0 Å². The molecule has 1 aliphatic rings. The highest BCUT2D eigenvalue weighted by molar-refractivity contribution is 5.92. The third kappa shape index (κ3) is 2.55. The average molecular weight is 286 g/mol. The van der Waals surface area contributed by atoms with Crippen LogP contribution in [-0.4, -0.2) is 20.6 Å². The number of benzene rings is 1. The fraction of sp³-hybridized carbons (Fsp3) is 0.529. The summed E-state index contributed by atoms with van der Waals surface area (Å²) in [5, 5.41) is 9.22. The Kier molecular flexibility index (Phi) is 2.91. The molecule has 0 aliphatic heterocycles. The maximum atomic E-state index is 11.2. The molecule has 0 radical (unpaired) electrons. The third-order valence-electron chi connectivity index (χ3n) is 4.31. The minimum Gasteiger partial charge on any atom is -0.478 e. The topological polar surface area (TPSA) is 55.1 Å². The summed E-state index contributed by atoms with van der Waals surface area (Å²) in [6.07, 6.45) is 2.46. The summed E-state index contributed by atoms with van der Waals surface area (Å²) in [7, 11) is 0.